The highest BCUT2D eigenvalue weighted by atomic mass is 19.4. The molecule has 0 aromatic rings. The summed E-state index contributed by atoms with van der Waals surface area (Å²) < 4.78 is 38.4. The molecular formula is C12H19F3N2. The Morgan fingerprint density at radius 2 is 2.00 bits per heavy atom. The fraction of sp³-hybridized carbons (Fsp3) is 0.917. The van der Waals surface area contributed by atoms with Crippen LogP contribution >= 0.6 is 0 Å². The van der Waals surface area contributed by atoms with Crippen LogP contribution in [-0.2, 0) is 0 Å². The molecule has 0 amide bonds. The van der Waals surface area contributed by atoms with Crippen molar-refractivity contribution in [2.24, 2.45) is 5.92 Å². The minimum Gasteiger partial charge on any atom is -0.298 e. The molecule has 0 aliphatic carbocycles. The van der Waals surface area contributed by atoms with Crippen molar-refractivity contribution in [1.82, 2.24) is 4.90 Å². The van der Waals surface area contributed by atoms with E-state index in [2.05, 4.69) is 0 Å². The van der Waals surface area contributed by atoms with Gasteiger partial charge >= 0.3 is 6.18 Å². The van der Waals surface area contributed by atoms with Crippen molar-refractivity contribution in [3.63, 3.8) is 0 Å². The average Bonchev–Trinajstić information content (AvgIpc) is 2.48. The molecule has 0 saturated carbocycles. The van der Waals surface area contributed by atoms with Gasteiger partial charge in [-0.05, 0) is 46.2 Å². The molecule has 0 aromatic carbocycles. The van der Waals surface area contributed by atoms with E-state index in [9.17, 15) is 13.2 Å². The zero-order chi connectivity index (χ0) is 13.1. The lowest BCUT2D eigenvalue weighted by Crippen LogP contribution is -2.47. The number of unbranched alkanes of at least 4 members (excludes halogenated alkanes) is 2. The molecule has 1 rings (SSSR count). The Balaban J connectivity index is 2.52. The molecule has 0 radical (unpaired) electrons. The Kier molecular flexibility index (Phi) is 4.42. The Morgan fingerprint density at radius 1 is 1.35 bits per heavy atom. The third-order valence-electron chi connectivity index (χ3n) is 3.72. The third kappa shape index (κ3) is 3.35. The summed E-state index contributed by atoms with van der Waals surface area (Å²) >= 11 is 0. The third-order valence-corrected chi connectivity index (χ3v) is 3.72. The lowest BCUT2D eigenvalue weighted by Gasteiger charge is -2.36. The maximum Gasteiger partial charge on any atom is 0.393 e. The van der Waals surface area contributed by atoms with Gasteiger partial charge in [0.2, 0.25) is 0 Å². The summed E-state index contributed by atoms with van der Waals surface area (Å²) in [5.74, 6) is -1.23. The molecule has 5 heteroatoms. The van der Waals surface area contributed by atoms with Crippen LogP contribution in [-0.4, -0.2) is 29.7 Å². The molecule has 1 heterocycles. The zero-order valence-corrected chi connectivity index (χ0v) is 10.3. The monoisotopic (exact) mass is 248 g/mol. The SMILES string of the molecule is CC1(C)C(C(F)(F)F)CCN1CCCCC#N. The standard InChI is InChI=1S/C12H19F3N2/c1-11(2)10(12(13,14)15)6-9-17(11)8-5-3-4-7-16/h10H,3-6,8-9H2,1-2H3. The number of hydrogen-bond acceptors (Lipinski definition) is 2. The van der Waals surface area contributed by atoms with Crippen molar-refractivity contribution in [3.05, 3.63) is 0 Å². The molecule has 0 aromatic heterocycles. The minimum atomic E-state index is -4.11. The minimum absolute atomic E-state index is 0.189. The van der Waals surface area contributed by atoms with Crippen molar-refractivity contribution in [2.75, 3.05) is 13.1 Å². The van der Waals surface area contributed by atoms with Crippen LogP contribution in [0.15, 0.2) is 0 Å². The maximum absolute atomic E-state index is 12.8. The Bertz CT molecular complexity index is 291. The number of nitrogens with zero attached hydrogens (tertiary/aromatic N) is 2. The summed E-state index contributed by atoms with van der Waals surface area (Å²) in [5, 5.41) is 8.40. The van der Waals surface area contributed by atoms with E-state index >= 15 is 0 Å². The van der Waals surface area contributed by atoms with E-state index in [1.165, 1.54) is 0 Å². The molecule has 1 atom stereocenters. The van der Waals surface area contributed by atoms with Crippen molar-refractivity contribution >= 4 is 0 Å². The van der Waals surface area contributed by atoms with Crippen LogP contribution in [0.3, 0.4) is 0 Å². The molecule has 1 fully saturated rings. The van der Waals surface area contributed by atoms with Crippen LogP contribution in [0.1, 0.15) is 39.5 Å². The molecular weight excluding hydrogens is 229 g/mol. The van der Waals surface area contributed by atoms with Crippen LogP contribution in [0, 0.1) is 17.2 Å². The first-order chi connectivity index (χ1) is 7.80. The number of halogens is 3. The van der Waals surface area contributed by atoms with Gasteiger partial charge in [0.1, 0.15) is 0 Å². The van der Waals surface area contributed by atoms with Gasteiger partial charge in [-0.1, -0.05) is 0 Å². The van der Waals surface area contributed by atoms with Gasteiger partial charge in [0.25, 0.3) is 0 Å². The zero-order valence-electron chi connectivity index (χ0n) is 10.3. The number of nitriles is 1. The lowest BCUT2D eigenvalue weighted by molar-refractivity contribution is -0.191. The lowest BCUT2D eigenvalue weighted by atomic mass is 9.88. The Morgan fingerprint density at radius 3 is 2.47 bits per heavy atom. The van der Waals surface area contributed by atoms with E-state index in [0.29, 0.717) is 19.5 Å². The quantitative estimate of drug-likeness (QED) is 0.713. The van der Waals surface area contributed by atoms with Gasteiger partial charge in [-0.25, -0.2) is 0 Å². The highest BCUT2D eigenvalue weighted by molar-refractivity contribution is 4.98. The molecule has 1 aliphatic heterocycles. The van der Waals surface area contributed by atoms with E-state index in [-0.39, 0.29) is 6.42 Å². The summed E-state index contributed by atoms with van der Waals surface area (Å²) in [5.41, 5.74) is -0.815. The van der Waals surface area contributed by atoms with E-state index < -0.39 is 17.6 Å². The summed E-state index contributed by atoms with van der Waals surface area (Å²) in [6.07, 6.45) is -1.88. The first-order valence-electron chi connectivity index (χ1n) is 5.99. The van der Waals surface area contributed by atoms with Crippen LogP contribution < -0.4 is 0 Å². The summed E-state index contributed by atoms with van der Waals surface area (Å²) in [4.78, 5) is 1.91. The molecule has 2 nitrogen and oxygen atoms in total. The fourth-order valence-electron chi connectivity index (χ4n) is 2.62. The molecule has 17 heavy (non-hydrogen) atoms. The van der Waals surface area contributed by atoms with Crippen molar-refractivity contribution < 1.29 is 13.2 Å². The van der Waals surface area contributed by atoms with Crippen LogP contribution in [0.2, 0.25) is 0 Å². The second kappa shape index (κ2) is 5.26. The van der Waals surface area contributed by atoms with Gasteiger partial charge in [-0.3, -0.25) is 4.90 Å². The second-order valence-electron chi connectivity index (χ2n) is 5.14. The van der Waals surface area contributed by atoms with Crippen molar-refractivity contribution in [3.8, 4) is 6.07 Å². The Hall–Kier alpha value is -0.760. The van der Waals surface area contributed by atoms with E-state index in [0.717, 1.165) is 12.8 Å². The molecule has 0 bridgehead atoms. The first-order valence-corrected chi connectivity index (χ1v) is 5.99. The van der Waals surface area contributed by atoms with Gasteiger partial charge < -0.3 is 0 Å². The molecule has 0 spiro atoms. The number of likely N-dealkylation sites (tertiary alicyclic amines) is 1. The Labute approximate surface area is 100 Å². The highest BCUT2D eigenvalue weighted by Crippen LogP contribution is 2.44. The molecule has 1 unspecified atom stereocenters. The molecule has 98 valence electrons. The maximum atomic E-state index is 12.8. The number of alkyl halides is 3. The normalized spacial score (nSPS) is 24.8. The molecule has 1 saturated heterocycles. The van der Waals surface area contributed by atoms with Gasteiger partial charge in [-0.15, -0.1) is 0 Å². The highest BCUT2D eigenvalue weighted by Gasteiger charge is 2.54. The van der Waals surface area contributed by atoms with Crippen LogP contribution in [0.5, 0.6) is 0 Å². The first kappa shape index (κ1) is 14.3. The summed E-state index contributed by atoms with van der Waals surface area (Å²) in [6, 6.07) is 2.05. The predicted octanol–water partition coefficient (Wildman–Crippen LogP) is 3.34. The number of hydrogen-bond donors (Lipinski definition) is 0. The fourth-order valence-corrected chi connectivity index (χ4v) is 2.62. The van der Waals surface area contributed by atoms with Crippen LogP contribution in [0.4, 0.5) is 13.2 Å². The van der Waals surface area contributed by atoms with Crippen molar-refractivity contribution in [1.29, 1.82) is 5.26 Å². The van der Waals surface area contributed by atoms with E-state index in [1.807, 2.05) is 11.0 Å². The van der Waals surface area contributed by atoms with Gasteiger partial charge in [0, 0.05) is 12.0 Å². The largest absolute Gasteiger partial charge is 0.393 e. The number of rotatable bonds is 4. The van der Waals surface area contributed by atoms with E-state index in [1.54, 1.807) is 13.8 Å². The topological polar surface area (TPSA) is 27.0 Å². The van der Waals surface area contributed by atoms with Crippen LogP contribution in [0.25, 0.3) is 0 Å². The second-order valence-corrected chi connectivity index (χ2v) is 5.14. The van der Waals surface area contributed by atoms with Gasteiger partial charge in [0.05, 0.1) is 12.0 Å². The molecule has 1 aliphatic rings. The summed E-state index contributed by atoms with van der Waals surface area (Å²) in [6.45, 7) is 4.50. The average molecular weight is 248 g/mol. The van der Waals surface area contributed by atoms with Gasteiger partial charge in [0.15, 0.2) is 0 Å². The summed E-state index contributed by atoms with van der Waals surface area (Å²) in [7, 11) is 0. The smallest absolute Gasteiger partial charge is 0.298 e. The van der Waals surface area contributed by atoms with Crippen molar-refractivity contribution in [2.45, 2.75) is 51.2 Å². The van der Waals surface area contributed by atoms with E-state index in [4.69, 9.17) is 5.26 Å². The van der Waals surface area contributed by atoms with Gasteiger partial charge in [-0.2, -0.15) is 18.4 Å². The molecule has 0 N–H and O–H groups in total. The predicted molar refractivity (Wildman–Crippen MR) is 59.3 cm³/mol.